The molecule has 0 radical (unpaired) electrons. The van der Waals surface area contributed by atoms with Gasteiger partial charge in [-0.3, -0.25) is 9.59 Å². The quantitative estimate of drug-likeness (QED) is 0.255. The van der Waals surface area contributed by atoms with Gasteiger partial charge in [0.25, 0.3) is 0 Å². The van der Waals surface area contributed by atoms with E-state index < -0.39 is 32.3 Å². The number of rotatable bonds is 6. The molecular weight excluding hydrogens is 787 g/mol. The molecule has 2 fully saturated rings. The first-order valence-electron chi connectivity index (χ1n) is 13.3. The number of esters is 2. The Hall–Kier alpha value is 0.866. The molecule has 0 bridgehead atoms. The monoisotopic (exact) mass is 829 g/mol. The molecule has 2 aromatic rings. The number of nitrogens with zero attached hydrogens (tertiary/aromatic N) is 1. The minimum atomic E-state index is -1.28. The fourth-order valence-corrected chi connectivity index (χ4v) is 8.20. The van der Waals surface area contributed by atoms with Gasteiger partial charge < -0.3 is 10.9 Å². The Morgan fingerprint density at radius 1 is 1.00 bits per heavy atom. The van der Waals surface area contributed by atoms with E-state index in [2.05, 4.69) is 45.7 Å². The predicted molar refractivity (Wildman–Crippen MR) is 185 cm³/mol. The molecule has 2 aliphatic rings. The molecule has 0 aliphatic carbocycles. The van der Waals surface area contributed by atoms with Gasteiger partial charge in [0.05, 0.1) is 55.7 Å². The smallest absolute Gasteiger partial charge is 1.00 e. The molecule has 4 heterocycles. The molecule has 1 N–H and O–H groups in total. The molecule has 4 rings (SSSR count). The Bertz CT molecular complexity index is 1320. The van der Waals surface area contributed by atoms with Crippen LogP contribution in [0.4, 0.5) is 0 Å². The minimum Gasteiger partial charge on any atom is -1.00 e. The van der Waals surface area contributed by atoms with E-state index in [1.165, 1.54) is 0 Å². The van der Waals surface area contributed by atoms with Crippen molar-refractivity contribution in [2.45, 2.75) is 89.7 Å². The Kier molecular flexibility index (Phi) is 17.9. The van der Waals surface area contributed by atoms with Gasteiger partial charge in [0.2, 0.25) is 0 Å². The summed E-state index contributed by atoms with van der Waals surface area (Å²) in [6, 6.07) is 3.96. The number of halogens is 2. The standard InChI is InChI=1S/C14H20BrNO3S2.C10H14BrNOS2.C4H6O2.K.H2.H/c1-13(2,3)21(18)16-14(4,10-5-6-19-12(10)17)11-7-9(15)8-20-11;1-7(9-5-8(11)6-14-9)12-15(13)10(2,3)4;5-4-2-1-3-6-4;;;/h7-8,10,16H,5-6H2,1-4H3;5-6H,1-4H3;1-3H2;;1H;/q;;;+1;;-1/t10?,14-,21+;15-;;;;/m01..../s1/i;;;;1+1;. The van der Waals surface area contributed by atoms with Gasteiger partial charge in [-0.25, -0.2) is 13.1 Å². The topological polar surface area (TPSA) is 111 Å². The van der Waals surface area contributed by atoms with Gasteiger partial charge in [-0.15, -0.1) is 22.7 Å². The third-order valence-electron chi connectivity index (χ3n) is 6.03. The van der Waals surface area contributed by atoms with Gasteiger partial charge in [-0.1, -0.05) is 0 Å². The van der Waals surface area contributed by atoms with Crippen molar-refractivity contribution in [2.75, 3.05) is 13.2 Å². The number of hydrogen-bond acceptors (Lipinski definition) is 8. The molecule has 4 atom stereocenters. The second-order valence-corrected chi connectivity index (χ2v) is 19.3. The molecular formula is C28H43Br2KN2O6S4. The second-order valence-electron chi connectivity index (χ2n) is 11.8. The van der Waals surface area contributed by atoms with Gasteiger partial charge in [0, 0.05) is 32.4 Å². The van der Waals surface area contributed by atoms with E-state index in [4.69, 9.17) is 4.74 Å². The number of cyclic esters (lactones) is 2. The van der Waals surface area contributed by atoms with Gasteiger partial charge in [0.15, 0.2) is 0 Å². The van der Waals surface area contributed by atoms with Crippen molar-refractivity contribution < 1.29 is 81.7 Å². The first kappa shape index (κ1) is 41.9. The molecule has 43 heavy (non-hydrogen) atoms. The van der Waals surface area contributed by atoms with E-state index in [1.54, 1.807) is 22.7 Å². The fourth-order valence-electron chi connectivity index (χ4n) is 3.53. The van der Waals surface area contributed by atoms with Crippen LogP contribution >= 0.6 is 54.5 Å². The van der Waals surface area contributed by atoms with Crippen LogP contribution < -0.4 is 56.1 Å². The van der Waals surface area contributed by atoms with Crippen molar-refractivity contribution in [2.24, 2.45) is 10.3 Å². The summed E-state index contributed by atoms with van der Waals surface area (Å²) in [6.07, 6.45) is 2.18. The van der Waals surface area contributed by atoms with E-state index >= 15 is 0 Å². The maximum absolute atomic E-state index is 12.6. The molecule has 0 saturated carbocycles. The van der Waals surface area contributed by atoms with Gasteiger partial charge >= 0.3 is 63.3 Å². The number of carbonyl (C=O) groups is 2. The maximum atomic E-state index is 12.6. The van der Waals surface area contributed by atoms with Crippen molar-refractivity contribution in [1.82, 2.24) is 4.72 Å². The first-order valence-corrected chi connectivity index (χ1v) is 18.9. The van der Waals surface area contributed by atoms with Crippen molar-refractivity contribution >= 4 is 94.2 Å². The zero-order valence-electron chi connectivity index (χ0n) is 27.2. The summed E-state index contributed by atoms with van der Waals surface area (Å²) in [5.41, 5.74) is 0.140. The number of carbonyl (C=O) groups excluding carboxylic acids is 2. The van der Waals surface area contributed by atoms with Crippen molar-refractivity contribution in [1.29, 1.82) is 0 Å². The Morgan fingerprint density at radius 3 is 1.98 bits per heavy atom. The largest absolute Gasteiger partial charge is 1.00 e. The summed E-state index contributed by atoms with van der Waals surface area (Å²) in [5, 5.41) is 3.96. The molecule has 2 aliphatic heterocycles. The Morgan fingerprint density at radius 2 is 1.60 bits per heavy atom. The fraction of sp³-hybridized carbons (Fsp3) is 0.607. The SMILES string of the molecule is CC(=N[S@](=O)C(C)(C)C)c1cc(Br)cs1.CC(C)(C)[S@@](=O)N[C@](C)(c1cc(Br)cs1)C1CCOC1=O.O=C1CCCO1.[2HH].[H-].[K+]. The van der Waals surface area contributed by atoms with E-state index in [9.17, 15) is 18.0 Å². The molecule has 240 valence electrons. The zero-order chi connectivity index (χ0) is 31.9. The predicted octanol–water partition coefficient (Wildman–Crippen LogP) is 4.81. The number of hydrogen-bond donors (Lipinski definition) is 1. The van der Waals surface area contributed by atoms with E-state index in [0.29, 0.717) is 26.1 Å². The van der Waals surface area contributed by atoms with Crippen LogP contribution in [0, 0.1) is 5.92 Å². The van der Waals surface area contributed by atoms with Gasteiger partial charge in [-0.2, -0.15) is 4.40 Å². The molecule has 0 amide bonds. The van der Waals surface area contributed by atoms with E-state index in [-0.39, 0.29) is 76.8 Å². The van der Waals surface area contributed by atoms with Crippen molar-refractivity contribution in [3.8, 4) is 0 Å². The van der Waals surface area contributed by atoms with Gasteiger partial charge in [-0.05, 0) is 112 Å². The summed E-state index contributed by atoms with van der Waals surface area (Å²) in [7, 11) is -2.45. The molecule has 0 aromatic carbocycles. The van der Waals surface area contributed by atoms with Crippen LogP contribution in [0.15, 0.2) is 36.2 Å². The summed E-state index contributed by atoms with van der Waals surface area (Å²) < 4.78 is 42.7. The summed E-state index contributed by atoms with van der Waals surface area (Å²) in [6.45, 7) is 16.4. The molecule has 2 aromatic heterocycles. The third-order valence-corrected chi connectivity index (χ3v) is 13.0. The molecule has 15 heteroatoms. The number of thiophene rings is 2. The molecule has 2 saturated heterocycles. The van der Waals surface area contributed by atoms with Crippen LogP contribution in [0.3, 0.4) is 0 Å². The van der Waals surface area contributed by atoms with E-state index in [1.807, 2.05) is 78.3 Å². The summed E-state index contributed by atoms with van der Waals surface area (Å²) in [4.78, 5) is 24.1. The van der Waals surface area contributed by atoms with Crippen molar-refractivity contribution in [3.05, 3.63) is 41.6 Å². The Labute approximate surface area is 331 Å². The van der Waals surface area contributed by atoms with Crippen molar-refractivity contribution in [3.63, 3.8) is 0 Å². The molecule has 1 unspecified atom stereocenters. The normalized spacial score (nSPS) is 19.9. The van der Waals surface area contributed by atoms with Crippen LogP contribution in [-0.4, -0.2) is 48.8 Å². The minimum absolute atomic E-state index is 0. The van der Waals surface area contributed by atoms with Crippen LogP contribution in [0.2, 0.25) is 0 Å². The third kappa shape index (κ3) is 13.5. The summed E-state index contributed by atoms with van der Waals surface area (Å²) >= 11 is 9.97. The number of ether oxygens (including phenoxy) is 2. The zero-order valence-corrected chi connectivity index (χ0v) is 35.8. The Balaban J connectivity index is 0. The van der Waals surface area contributed by atoms with E-state index in [0.717, 1.165) is 30.8 Å². The van der Waals surface area contributed by atoms with Crippen LogP contribution in [0.5, 0.6) is 0 Å². The van der Waals surface area contributed by atoms with Crippen LogP contribution in [0.25, 0.3) is 0 Å². The van der Waals surface area contributed by atoms with Gasteiger partial charge in [0.1, 0.15) is 11.0 Å². The molecule has 8 nitrogen and oxygen atoms in total. The average molecular weight is 832 g/mol. The second kappa shape index (κ2) is 18.4. The van der Waals surface area contributed by atoms with Crippen LogP contribution in [0.1, 0.15) is 87.3 Å². The maximum Gasteiger partial charge on any atom is 1.00 e. The molecule has 0 spiro atoms. The number of nitrogens with one attached hydrogen (secondary N) is 1. The average Bonchev–Trinajstić information content (AvgIpc) is 3.68. The first-order chi connectivity index (χ1) is 19.3. The van der Waals surface area contributed by atoms with Crippen LogP contribution in [-0.2, 0) is 46.6 Å². The summed E-state index contributed by atoms with van der Waals surface area (Å²) in [5.74, 6) is -0.593.